The van der Waals surface area contributed by atoms with Crippen LogP contribution in [0.3, 0.4) is 0 Å². The molecule has 0 unspecified atom stereocenters. The minimum Gasteiger partial charge on any atom is -0.370 e. The van der Waals surface area contributed by atoms with Crippen LogP contribution in [-0.4, -0.2) is 12.2 Å². The molecule has 5 rings (SSSR count). The molecule has 122 valence electrons. The maximum absolute atomic E-state index is 5.85. The van der Waals surface area contributed by atoms with Crippen LogP contribution in [0.15, 0.2) is 11.1 Å². The fraction of sp³-hybridized carbons (Fsp3) is 0.905. The Morgan fingerprint density at radius 2 is 1.77 bits per heavy atom. The fourth-order valence-electron chi connectivity index (χ4n) is 7.15. The third-order valence-electron chi connectivity index (χ3n) is 8.76. The summed E-state index contributed by atoms with van der Waals surface area (Å²) in [5.41, 5.74) is 5.30. The van der Waals surface area contributed by atoms with Crippen molar-refractivity contribution in [3.63, 3.8) is 0 Å². The second kappa shape index (κ2) is 4.21. The minimum absolute atomic E-state index is 0.353. The fourth-order valence-corrected chi connectivity index (χ4v) is 7.15. The summed E-state index contributed by atoms with van der Waals surface area (Å²) in [4.78, 5) is 0. The number of hydrogen-bond acceptors (Lipinski definition) is 1. The Morgan fingerprint density at radius 1 is 0.955 bits per heavy atom. The van der Waals surface area contributed by atoms with Crippen LogP contribution < -0.4 is 0 Å². The standard InChI is InChI=1S/C21H32O/c1-19(2)9-8-16-15-5-4-14-12-21(13-22-21)11-10-20(14,3)18(15)7-6-17(16)19/h14-15,18H,4-13H2,1-3H3/t14-,15-,18-,20-,21+/m0/s1. The van der Waals surface area contributed by atoms with Gasteiger partial charge in [0.15, 0.2) is 0 Å². The highest BCUT2D eigenvalue weighted by Crippen LogP contribution is 2.65. The summed E-state index contributed by atoms with van der Waals surface area (Å²) in [6.45, 7) is 8.72. The van der Waals surface area contributed by atoms with E-state index in [-0.39, 0.29) is 0 Å². The van der Waals surface area contributed by atoms with E-state index in [1.165, 1.54) is 57.8 Å². The number of hydrogen-bond donors (Lipinski definition) is 0. The molecule has 1 aliphatic heterocycles. The summed E-state index contributed by atoms with van der Waals surface area (Å²) in [6, 6.07) is 0. The SMILES string of the molecule is CC1(C)CCC2=C1CC[C@H]1[C@H]2CC[C@H]2C[C@]3(CC[C@@]21C)CO3. The molecule has 5 aliphatic rings. The molecule has 0 amide bonds. The van der Waals surface area contributed by atoms with Crippen molar-refractivity contribution in [1.29, 1.82) is 0 Å². The Labute approximate surface area is 135 Å². The van der Waals surface area contributed by atoms with Gasteiger partial charge in [0.2, 0.25) is 0 Å². The number of epoxide rings is 1. The molecule has 0 N–H and O–H groups in total. The average molecular weight is 300 g/mol. The Morgan fingerprint density at radius 3 is 2.55 bits per heavy atom. The number of rotatable bonds is 0. The Hall–Kier alpha value is -0.300. The zero-order chi connectivity index (χ0) is 15.2. The topological polar surface area (TPSA) is 12.5 Å². The Bertz CT molecular complexity index is 538. The smallest absolute Gasteiger partial charge is 0.0919 e. The van der Waals surface area contributed by atoms with Gasteiger partial charge in [0.05, 0.1) is 12.2 Å². The highest BCUT2D eigenvalue weighted by molar-refractivity contribution is 5.33. The van der Waals surface area contributed by atoms with Gasteiger partial charge >= 0.3 is 0 Å². The van der Waals surface area contributed by atoms with Crippen LogP contribution in [0.1, 0.15) is 78.6 Å². The summed E-state index contributed by atoms with van der Waals surface area (Å²) >= 11 is 0. The number of ether oxygens (including phenoxy) is 1. The third kappa shape index (κ3) is 1.75. The van der Waals surface area contributed by atoms with Crippen LogP contribution in [-0.2, 0) is 4.74 Å². The molecule has 1 spiro atoms. The van der Waals surface area contributed by atoms with Crippen molar-refractivity contribution in [3.8, 4) is 0 Å². The van der Waals surface area contributed by atoms with E-state index in [2.05, 4.69) is 20.8 Å². The van der Waals surface area contributed by atoms with Crippen LogP contribution in [0.5, 0.6) is 0 Å². The summed E-state index contributed by atoms with van der Waals surface area (Å²) < 4.78 is 5.85. The third-order valence-corrected chi connectivity index (χ3v) is 8.76. The lowest BCUT2D eigenvalue weighted by atomic mass is 9.48. The molecule has 2 saturated carbocycles. The first-order valence-corrected chi connectivity index (χ1v) is 9.80. The summed E-state index contributed by atoms with van der Waals surface area (Å²) in [5.74, 6) is 2.87. The van der Waals surface area contributed by atoms with Gasteiger partial charge in [-0.1, -0.05) is 31.9 Å². The van der Waals surface area contributed by atoms with E-state index in [1.807, 2.05) is 11.1 Å². The zero-order valence-corrected chi connectivity index (χ0v) is 14.7. The number of allylic oxidation sites excluding steroid dienone is 2. The first kappa shape index (κ1) is 14.1. The highest BCUT2D eigenvalue weighted by Gasteiger charge is 2.59. The zero-order valence-electron chi connectivity index (χ0n) is 14.7. The predicted octanol–water partition coefficient (Wildman–Crippen LogP) is 5.50. The molecule has 0 radical (unpaired) electrons. The molecule has 0 aromatic rings. The lowest BCUT2D eigenvalue weighted by Crippen LogP contribution is -2.50. The minimum atomic E-state index is 0.353. The van der Waals surface area contributed by atoms with Gasteiger partial charge in [-0.2, -0.15) is 0 Å². The molecule has 1 saturated heterocycles. The predicted molar refractivity (Wildman–Crippen MR) is 89.6 cm³/mol. The molecule has 0 bridgehead atoms. The van der Waals surface area contributed by atoms with Crippen molar-refractivity contribution < 1.29 is 4.74 Å². The van der Waals surface area contributed by atoms with Gasteiger partial charge < -0.3 is 4.74 Å². The van der Waals surface area contributed by atoms with Crippen molar-refractivity contribution in [1.82, 2.24) is 0 Å². The summed E-state index contributed by atoms with van der Waals surface area (Å²) in [7, 11) is 0. The lowest BCUT2D eigenvalue weighted by molar-refractivity contribution is -0.0547. The van der Waals surface area contributed by atoms with Gasteiger partial charge in [-0.15, -0.1) is 0 Å². The van der Waals surface area contributed by atoms with E-state index in [0.717, 1.165) is 24.4 Å². The van der Waals surface area contributed by atoms with Crippen LogP contribution in [0.4, 0.5) is 0 Å². The molecule has 1 nitrogen and oxygen atoms in total. The molecule has 22 heavy (non-hydrogen) atoms. The van der Waals surface area contributed by atoms with Gasteiger partial charge in [-0.05, 0) is 86.4 Å². The normalized spacial score (nSPS) is 52.2. The molecule has 5 atom stereocenters. The number of fused-ring (bicyclic) bond motifs is 4. The Kier molecular flexibility index (Phi) is 2.69. The molecule has 0 aromatic heterocycles. The van der Waals surface area contributed by atoms with E-state index in [4.69, 9.17) is 4.74 Å². The van der Waals surface area contributed by atoms with Gasteiger partial charge in [0.1, 0.15) is 0 Å². The largest absolute Gasteiger partial charge is 0.370 e. The maximum atomic E-state index is 5.85. The van der Waals surface area contributed by atoms with Crippen molar-refractivity contribution in [2.75, 3.05) is 6.61 Å². The van der Waals surface area contributed by atoms with Crippen LogP contribution >= 0.6 is 0 Å². The molecule has 1 heteroatoms. The van der Waals surface area contributed by atoms with Crippen molar-refractivity contribution in [2.24, 2.45) is 28.6 Å². The monoisotopic (exact) mass is 300 g/mol. The second-order valence-electron chi connectivity index (χ2n) is 10.1. The van der Waals surface area contributed by atoms with Crippen LogP contribution in [0.25, 0.3) is 0 Å². The van der Waals surface area contributed by atoms with E-state index >= 15 is 0 Å². The van der Waals surface area contributed by atoms with Crippen molar-refractivity contribution in [2.45, 2.75) is 84.2 Å². The Balaban J connectivity index is 1.47. The average Bonchev–Trinajstić information content (AvgIpc) is 3.17. The molecular formula is C21H32O. The molecule has 1 heterocycles. The summed E-state index contributed by atoms with van der Waals surface area (Å²) in [5, 5.41) is 0. The summed E-state index contributed by atoms with van der Waals surface area (Å²) in [6.07, 6.45) is 12.8. The van der Waals surface area contributed by atoms with Gasteiger partial charge in [-0.25, -0.2) is 0 Å². The van der Waals surface area contributed by atoms with Gasteiger partial charge in [0, 0.05) is 0 Å². The van der Waals surface area contributed by atoms with Gasteiger partial charge in [0.25, 0.3) is 0 Å². The van der Waals surface area contributed by atoms with E-state index in [1.54, 1.807) is 0 Å². The highest BCUT2D eigenvalue weighted by atomic mass is 16.6. The lowest BCUT2D eigenvalue weighted by Gasteiger charge is -2.57. The van der Waals surface area contributed by atoms with Crippen LogP contribution in [0, 0.1) is 28.6 Å². The first-order valence-electron chi connectivity index (χ1n) is 9.80. The van der Waals surface area contributed by atoms with E-state index in [9.17, 15) is 0 Å². The first-order chi connectivity index (χ1) is 10.4. The molecule has 4 aliphatic carbocycles. The van der Waals surface area contributed by atoms with E-state index < -0.39 is 0 Å². The van der Waals surface area contributed by atoms with Crippen LogP contribution in [0.2, 0.25) is 0 Å². The quantitative estimate of drug-likeness (QED) is 0.425. The molecular weight excluding hydrogens is 268 g/mol. The maximum Gasteiger partial charge on any atom is 0.0919 e. The van der Waals surface area contributed by atoms with Gasteiger partial charge in [-0.3, -0.25) is 0 Å². The molecule has 3 fully saturated rings. The molecule has 0 aromatic carbocycles. The van der Waals surface area contributed by atoms with E-state index in [0.29, 0.717) is 16.4 Å². The van der Waals surface area contributed by atoms with Crippen molar-refractivity contribution in [3.05, 3.63) is 11.1 Å². The second-order valence-corrected chi connectivity index (χ2v) is 10.1. The van der Waals surface area contributed by atoms with Crippen molar-refractivity contribution >= 4 is 0 Å².